The third-order valence-electron chi connectivity index (χ3n) is 9.32. The van der Waals surface area contributed by atoms with Gasteiger partial charge in [0.15, 0.2) is 17.5 Å². The number of furan rings is 1. The van der Waals surface area contributed by atoms with Crippen LogP contribution in [0.2, 0.25) is 0 Å². The highest BCUT2D eigenvalue weighted by molar-refractivity contribution is 7.25. The molecule has 0 fully saturated rings. The SMILES string of the molecule is c1ccc(-c2cc(-c3ccccc3)cc(-c3nc(-c4ccc5c(c4)oc4ccccc45)nc(-c4cccc5sc6ccccc6c45)n3)c2)cc1. The van der Waals surface area contributed by atoms with E-state index in [0.717, 1.165) is 66.3 Å². The van der Waals surface area contributed by atoms with Crippen molar-refractivity contribution in [3.05, 3.63) is 164 Å². The zero-order chi connectivity index (χ0) is 33.0. The molecule has 0 N–H and O–H groups in total. The van der Waals surface area contributed by atoms with Gasteiger partial charge in [0, 0.05) is 47.6 Å². The molecule has 0 bridgehead atoms. The molecule has 3 heterocycles. The largest absolute Gasteiger partial charge is 0.456 e. The lowest BCUT2D eigenvalue weighted by atomic mass is 9.96. The Balaban J connectivity index is 1.24. The topological polar surface area (TPSA) is 51.8 Å². The predicted octanol–water partition coefficient (Wildman–Crippen LogP) is 12.5. The first-order valence-electron chi connectivity index (χ1n) is 16.6. The summed E-state index contributed by atoms with van der Waals surface area (Å²) >= 11 is 1.79. The van der Waals surface area contributed by atoms with E-state index in [-0.39, 0.29) is 0 Å². The van der Waals surface area contributed by atoms with Gasteiger partial charge in [0.1, 0.15) is 11.2 Å². The highest BCUT2D eigenvalue weighted by Crippen LogP contribution is 2.40. The van der Waals surface area contributed by atoms with Gasteiger partial charge in [0.25, 0.3) is 0 Å². The fraction of sp³-hybridized carbons (Fsp3) is 0. The Bertz CT molecular complexity index is 2820. The number of rotatable bonds is 5. The zero-order valence-corrected chi connectivity index (χ0v) is 27.6. The highest BCUT2D eigenvalue weighted by atomic mass is 32.1. The van der Waals surface area contributed by atoms with Crippen molar-refractivity contribution in [1.82, 2.24) is 15.0 Å². The number of aromatic nitrogens is 3. The standard InChI is InChI=1S/C45H27N3OS/c1-3-12-28(13-4-1)31-24-32(29-14-5-2-6-15-29)26-33(25-31)44-46-43(30-22-23-35-34-16-7-9-19-38(34)49-39(35)27-30)47-45(48-44)37-18-11-21-41-42(37)36-17-8-10-20-40(36)50-41/h1-27H. The highest BCUT2D eigenvalue weighted by Gasteiger charge is 2.19. The lowest BCUT2D eigenvalue weighted by Crippen LogP contribution is -2.01. The average molecular weight is 658 g/mol. The molecule has 4 nitrogen and oxygen atoms in total. The van der Waals surface area contributed by atoms with Gasteiger partial charge in [-0.2, -0.15) is 0 Å². The van der Waals surface area contributed by atoms with Gasteiger partial charge in [0.2, 0.25) is 0 Å². The van der Waals surface area contributed by atoms with Crippen LogP contribution in [0.25, 0.3) is 98.5 Å². The van der Waals surface area contributed by atoms with Crippen molar-refractivity contribution in [3.63, 3.8) is 0 Å². The second-order valence-corrected chi connectivity index (χ2v) is 13.5. The van der Waals surface area contributed by atoms with Crippen molar-refractivity contribution in [2.45, 2.75) is 0 Å². The lowest BCUT2D eigenvalue weighted by Gasteiger charge is -2.13. The summed E-state index contributed by atoms with van der Waals surface area (Å²) in [7, 11) is 0. The summed E-state index contributed by atoms with van der Waals surface area (Å²) in [6.07, 6.45) is 0. The summed E-state index contributed by atoms with van der Waals surface area (Å²) in [5.41, 5.74) is 8.89. The van der Waals surface area contributed by atoms with Crippen molar-refractivity contribution in [2.75, 3.05) is 0 Å². The summed E-state index contributed by atoms with van der Waals surface area (Å²) in [6, 6.07) is 56.9. The first kappa shape index (κ1) is 28.6. The molecule has 0 amide bonds. The van der Waals surface area contributed by atoms with Crippen LogP contribution in [0, 0.1) is 0 Å². The molecule has 5 heteroatoms. The third kappa shape index (κ3) is 4.87. The normalized spacial score (nSPS) is 11.6. The predicted molar refractivity (Wildman–Crippen MR) is 207 cm³/mol. The molecule has 3 aromatic heterocycles. The zero-order valence-electron chi connectivity index (χ0n) is 26.7. The molecule has 0 saturated heterocycles. The number of hydrogen-bond donors (Lipinski definition) is 0. The van der Waals surface area contributed by atoms with Crippen LogP contribution in [-0.2, 0) is 0 Å². The summed E-state index contributed by atoms with van der Waals surface area (Å²) in [5, 5.41) is 4.52. The number of nitrogens with zero attached hydrogens (tertiary/aromatic N) is 3. The van der Waals surface area contributed by atoms with Crippen molar-refractivity contribution in [1.29, 1.82) is 0 Å². The molecule has 0 aliphatic carbocycles. The van der Waals surface area contributed by atoms with Crippen LogP contribution < -0.4 is 0 Å². The van der Waals surface area contributed by atoms with Crippen molar-refractivity contribution < 1.29 is 4.42 Å². The van der Waals surface area contributed by atoms with E-state index in [0.29, 0.717) is 17.5 Å². The molecule has 7 aromatic carbocycles. The number of para-hydroxylation sites is 1. The van der Waals surface area contributed by atoms with E-state index >= 15 is 0 Å². The molecule has 0 aliphatic rings. The van der Waals surface area contributed by atoms with Crippen LogP contribution in [-0.4, -0.2) is 15.0 Å². The van der Waals surface area contributed by atoms with E-state index in [1.165, 1.54) is 14.8 Å². The minimum atomic E-state index is 0.593. The van der Waals surface area contributed by atoms with Crippen molar-refractivity contribution in [2.24, 2.45) is 0 Å². The Hall–Kier alpha value is -6.43. The fourth-order valence-corrected chi connectivity index (χ4v) is 8.06. The summed E-state index contributed by atoms with van der Waals surface area (Å²) in [5.74, 6) is 1.84. The van der Waals surface area contributed by atoms with E-state index in [4.69, 9.17) is 19.4 Å². The summed E-state index contributed by atoms with van der Waals surface area (Å²) in [6.45, 7) is 0. The number of fused-ring (bicyclic) bond motifs is 6. The second-order valence-electron chi connectivity index (χ2n) is 12.4. The van der Waals surface area contributed by atoms with Gasteiger partial charge < -0.3 is 4.42 Å². The lowest BCUT2D eigenvalue weighted by molar-refractivity contribution is 0.669. The number of thiophene rings is 1. The van der Waals surface area contributed by atoms with Crippen LogP contribution in [0.1, 0.15) is 0 Å². The Labute approximate surface area is 292 Å². The maximum atomic E-state index is 6.30. The van der Waals surface area contributed by atoms with Crippen LogP contribution in [0.4, 0.5) is 0 Å². The van der Waals surface area contributed by atoms with Crippen LogP contribution in [0.5, 0.6) is 0 Å². The van der Waals surface area contributed by atoms with Gasteiger partial charge in [-0.3, -0.25) is 0 Å². The molecule has 0 unspecified atom stereocenters. The summed E-state index contributed by atoms with van der Waals surface area (Å²) in [4.78, 5) is 15.7. The van der Waals surface area contributed by atoms with E-state index in [9.17, 15) is 0 Å². The summed E-state index contributed by atoms with van der Waals surface area (Å²) < 4.78 is 8.74. The molecule has 0 aliphatic heterocycles. The molecule has 0 atom stereocenters. The van der Waals surface area contributed by atoms with Crippen LogP contribution in [0.15, 0.2) is 168 Å². The van der Waals surface area contributed by atoms with Crippen molar-refractivity contribution in [3.8, 4) is 56.4 Å². The molecule has 234 valence electrons. The maximum absolute atomic E-state index is 6.30. The fourth-order valence-electron chi connectivity index (χ4n) is 6.93. The quantitative estimate of drug-likeness (QED) is 0.185. The molecular formula is C45H27N3OS. The van der Waals surface area contributed by atoms with Gasteiger partial charge >= 0.3 is 0 Å². The smallest absolute Gasteiger partial charge is 0.164 e. The Morgan fingerprint density at radius 3 is 1.70 bits per heavy atom. The first-order chi connectivity index (χ1) is 24.7. The number of benzene rings is 7. The Morgan fingerprint density at radius 2 is 0.940 bits per heavy atom. The van der Waals surface area contributed by atoms with Gasteiger partial charge in [-0.05, 0) is 70.8 Å². The molecule has 0 radical (unpaired) electrons. The van der Waals surface area contributed by atoms with Gasteiger partial charge in [-0.1, -0.05) is 115 Å². The molecule has 10 aromatic rings. The van der Waals surface area contributed by atoms with E-state index < -0.39 is 0 Å². The number of hydrogen-bond acceptors (Lipinski definition) is 5. The third-order valence-corrected chi connectivity index (χ3v) is 10.5. The molecule has 0 spiro atoms. The van der Waals surface area contributed by atoms with Gasteiger partial charge in [-0.15, -0.1) is 11.3 Å². The van der Waals surface area contributed by atoms with Crippen molar-refractivity contribution >= 4 is 53.4 Å². The van der Waals surface area contributed by atoms with Gasteiger partial charge in [0.05, 0.1) is 0 Å². The minimum absolute atomic E-state index is 0.593. The van der Waals surface area contributed by atoms with Gasteiger partial charge in [-0.25, -0.2) is 15.0 Å². The first-order valence-corrected chi connectivity index (χ1v) is 17.4. The van der Waals surface area contributed by atoms with Crippen LogP contribution >= 0.6 is 11.3 Å². The maximum Gasteiger partial charge on any atom is 0.164 e. The Morgan fingerprint density at radius 1 is 0.360 bits per heavy atom. The molecule has 50 heavy (non-hydrogen) atoms. The minimum Gasteiger partial charge on any atom is -0.456 e. The molecular weight excluding hydrogens is 631 g/mol. The monoisotopic (exact) mass is 657 g/mol. The second kappa shape index (κ2) is 11.6. The van der Waals surface area contributed by atoms with E-state index in [2.05, 4.69) is 133 Å². The van der Waals surface area contributed by atoms with E-state index in [1.54, 1.807) is 11.3 Å². The van der Waals surface area contributed by atoms with Crippen LogP contribution in [0.3, 0.4) is 0 Å². The molecule has 10 rings (SSSR count). The molecule has 0 saturated carbocycles. The van der Waals surface area contributed by atoms with E-state index in [1.807, 2.05) is 30.3 Å². The average Bonchev–Trinajstić information content (AvgIpc) is 3.76. The Kier molecular flexibility index (Phi) is 6.64.